The Balaban J connectivity index is 1.44. The van der Waals surface area contributed by atoms with Crippen molar-refractivity contribution in [2.24, 2.45) is 11.5 Å². The van der Waals surface area contributed by atoms with Crippen LogP contribution in [0.1, 0.15) is 52.6 Å². The fraction of sp³-hybridized carbons (Fsp3) is 0.111. The normalized spacial score (nSPS) is 15.0. The summed E-state index contributed by atoms with van der Waals surface area (Å²) in [5.74, 6) is -2.26. The zero-order chi connectivity index (χ0) is 24.4. The minimum atomic E-state index is -0.564. The van der Waals surface area contributed by atoms with E-state index in [-0.39, 0.29) is 13.1 Å². The molecule has 0 unspecified atom stereocenters. The van der Waals surface area contributed by atoms with Gasteiger partial charge in [0.1, 0.15) is 6.67 Å². The molecule has 35 heavy (non-hydrogen) atoms. The third-order valence-electron chi connectivity index (χ3n) is 6.89. The second-order valence-electron chi connectivity index (χ2n) is 8.63. The van der Waals surface area contributed by atoms with E-state index in [9.17, 15) is 19.2 Å². The van der Waals surface area contributed by atoms with Crippen molar-refractivity contribution in [2.75, 3.05) is 6.67 Å². The van der Waals surface area contributed by atoms with Crippen molar-refractivity contribution in [1.29, 1.82) is 0 Å². The lowest BCUT2D eigenvalue weighted by Gasteiger charge is -2.34. The van der Waals surface area contributed by atoms with Gasteiger partial charge in [-0.05, 0) is 46.2 Å². The van der Waals surface area contributed by atoms with E-state index < -0.39 is 30.3 Å². The van der Waals surface area contributed by atoms with Crippen molar-refractivity contribution in [3.05, 3.63) is 94.0 Å². The summed E-state index contributed by atoms with van der Waals surface area (Å²) in [5, 5.41) is 2.57. The molecule has 4 N–H and O–H groups in total. The molecular formula is C27H20N4O4. The van der Waals surface area contributed by atoms with Gasteiger partial charge in [0.2, 0.25) is 0 Å². The van der Waals surface area contributed by atoms with Crippen LogP contribution in [0, 0.1) is 0 Å². The molecule has 0 aliphatic carbocycles. The molecule has 4 aromatic rings. The number of carbonyl (C=O) groups is 4. The van der Waals surface area contributed by atoms with Gasteiger partial charge >= 0.3 is 0 Å². The molecule has 0 saturated heterocycles. The molecule has 2 aliphatic rings. The van der Waals surface area contributed by atoms with Gasteiger partial charge < -0.3 is 11.5 Å². The number of carbonyl (C=O) groups excluding carboxylic acids is 4. The maximum Gasteiger partial charge on any atom is 0.262 e. The maximum atomic E-state index is 13.4. The number of benzene rings is 4. The molecule has 2 heterocycles. The Bertz CT molecular complexity index is 1480. The number of nitrogens with zero attached hydrogens (tertiary/aromatic N) is 2. The number of imide groups is 2. The quantitative estimate of drug-likeness (QED) is 0.447. The molecule has 0 spiro atoms. The highest BCUT2D eigenvalue weighted by Gasteiger charge is 2.39. The van der Waals surface area contributed by atoms with Crippen LogP contribution >= 0.6 is 0 Å². The lowest BCUT2D eigenvalue weighted by atomic mass is 9.90. The maximum absolute atomic E-state index is 13.4. The topological polar surface area (TPSA) is 127 Å². The first-order valence-corrected chi connectivity index (χ1v) is 11.2. The molecule has 172 valence electrons. The minimum absolute atomic E-state index is 0.264. The van der Waals surface area contributed by atoms with Crippen LogP contribution in [0.4, 0.5) is 0 Å². The van der Waals surface area contributed by atoms with Crippen molar-refractivity contribution in [1.82, 2.24) is 9.80 Å². The second kappa shape index (κ2) is 7.56. The first-order valence-electron chi connectivity index (χ1n) is 11.2. The average molecular weight is 464 g/mol. The highest BCUT2D eigenvalue weighted by Crippen LogP contribution is 2.35. The van der Waals surface area contributed by atoms with Crippen LogP contribution in [0.15, 0.2) is 60.7 Å². The SMILES string of the molecule is NCc1ccc2c3c(cccc13)C(=O)N(CN1C(=O)c3cccc4c(CN)ccc(c34)C1=O)C2=O. The smallest absolute Gasteiger partial charge is 0.262 e. The zero-order valence-corrected chi connectivity index (χ0v) is 18.6. The third kappa shape index (κ3) is 2.81. The monoisotopic (exact) mass is 464 g/mol. The van der Waals surface area contributed by atoms with Gasteiger partial charge in [0, 0.05) is 46.1 Å². The summed E-state index contributed by atoms with van der Waals surface area (Å²) < 4.78 is 0. The van der Waals surface area contributed by atoms with Gasteiger partial charge in [-0.3, -0.25) is 29.0 Å². The summed E-state index contributed by atoms with van der Waals surface area (Å²) in [5.41, 5.74) is 14.7. The average Bonchev–Trinajstić information content (AvgIpc) is 2.89. The van der Waals surface area contributed by atoms with Gasteiger partial charge in [0.15, 0.2) is 0 Å². The lowest BCUT2D eigenvalue weighted by molar-refractivity contribution is 0.0420. The van der Waals surface area contributed by atoms with Crippen LogP contribution in [0.5, 0.6) is 0 Å². The Morgan fingerprint density at radius 2 is 0.886 bits per heavy atom. The van der Waals surface area contributed by atoms with E-state index in [1.165, 1.54) is 0 Å². The molecule has 4 amide bonds. The fourth-order valence-corrected chi connectivity index (χ4v) is 5.17. The summed E-state index contributed by atoms with van der Waals surface area (Å²) >= 11 is 0. The van der Waals surface area contributed by atoms with E-state index in [1.54, 1.807) is 48.5 Å². The Morgan fingerprint density at radius 1 is 0.514 bits per heavy atom. The van der Waals surface area contributed by atoms with Crippen molar-refractivity contribution in [3.8, 4) is 0 Å². The van der Waals surface area contributed by atoms with E-state index in [2.05, 4.69) is 0 Å². The van der Waals surface area contributed by atoms with Gasteiger partial charge in [-0.1, -0.05) is 36.4 Å². The fourth-order valence-electron chi connectivity index (χ4n) is 5.17. The molecule has 0 aromatic heterocycles. The molecule has 0 bridgehead atoms. The molecule has 0 saturated carbocycles. The minimum Gasteiger partial charge on any atom is -0.326 e. The highest BCUT2D eigenvalue weighted by molar-refractivity contribution is 6.28. The Kier molecular flexibility index (Phi) is 4.57. The summed E-state index contributed by atoms with van der Waals surface area (Å²) in [6.07, 6.45) is 0. The lowest BCUT2D eigenvalue weighted by Crippen LogP contribution is -2.52. The van der Waals surface area contributed by atoms with Gasteiger partial charge in [-0.2, -0.15) is 0 Å². The molecule has 6 rings (SSSR count). The summed E-state index contributed by atoms with van der Waals surface area (Å²) in [6, 6.07) is 17.2. The number of hydrogen-bond donors (Lipinski definition) is 2. The molecule has 0 atom stereocenters. The molecular weight excluding hydrogens is 444 g/mol. The van der Waals surface area contributed by atoms with Crippen molar-refractivity contribution in [3.63, 3.8) is 0 Å². The molecule has 0 fully saturated rings. The molecule has 4 aromatic carbocycles. The number of amides is 4. The van der Waals surface area contributed by atoms with Crippen molar-refractivity contribution in [2.45, 2.75) is 13.1 Å². The summed E-state index contributed by atoms with van der Waals surface area (Å²) in [6.45, 7) is 0.0398. The van der Waals surface area contributed by atoms with Crippen LogP contribution in [-0.4, -0.2) is 40.1 Å². The first kappa shape index (κ1) is 21.2. The van der Waals surface area contributed by atoms with E-state index in [1.807, 2.05) is 12.1 Å². The number of rotatable bonds is 4. The Hall–Kier alpha value is -4.40. The molecule has 0 radical (unpaired) electrons. The number of nitrogens with two attached hydrogens (primary N) is 2. The Labute approximate surface area is 199 Å². The van der Waals surface area contributed by atoms with Crippen LogP contribution in [-0.2, 0) is 13.1 Å². The van der Waals surface area contributed by atoms with Crippen molar-refractivity contribution >= 4 is 45.2 Å². The largest absolute Gasteiger partial charge is 0.326 e. The predicted molar refractivity (Wildman–Crippen MR) is 130 cm³/mol. The van der Waals surface area contributed by atoms with Crippen LogP contribution in [0.25, 0.3) is 21.5 Å². The summed E-state index contributed by atoms with van der Waals surface area (Å²) in [7, 11) is 0. The second-order valence-corrected chi connectivity index (χ2v) is 8.63. The van der Waals surface area contributed by atoms with E-state index >= 15 is 0 Å². The van der Waals surface area contributed by atoms with Gasteiger partial charge in [-0.15, -0.1) is 0 Å². The molecule has 8 nitrogen and oxygen atoms in total. The predicted octanol–water partition coefficient (Wildman–Crippen LogP) is 2.76. The number of hydrogen-bond acceptors (Lipinski definition) is 6. The third-order valence-corrected chi connectivity index (χ3v) is 6.89. The highest BCUT2D eigenvalue weighted by atomic mass is 16.2. The first-order chi connectivity index (χ1) is 17.0. The standard InChI is InChI=1S/C27H20N4O4/c28-11-14-7-9-20-22-16(14)3-1-5-18(22)24(32)30(26(20)34)13-31-25(33)19-6-2-4-17-15(12-29)8-10-21(23(17)19)27(31)35/h1-10H,11-13,28-29H2. The van der Waals surface area contributed by atoms with Crippen molar-refractivity contribution < 1.29 is 19.2 Å². The molecule has 2 aliphatic heterocycles. The van der Waals surface area contributed by atoms with Gasteiger partial charge in [-0.25, -0.2) is 0 Å². The summed E-state index contributed by atoms with van der Waals surface area (Å²) in [4.78, 5) is 55.6. The van der Waals surface area contributed by atoms with E-state index in [4.69, 9.17) is 11.5 Å². The van der Waals surface area contributed by atoms with Crippen LogP contribution in [0.2, 0.25) is 0 Å². The van der Waals surface area contributed by atoms with E-state index in [0.29, 0.717) is 33.0 Å². The van der Waals surface area contributed by atoms with E-state index in [0.717, 1.165) is 31.7 Å². The van der Waals surface area contributed by atoms with Crippen LogP contribution < -0.4 is 11.5 Å². The van der Waals surface area contributed by atoms with Gasteiger partial charge in [0.05, 0.1) is 0 Å². The molecule has 8 heteroatoms. The van der Waals surface area contributed by atoms with Crippen LogP contribution in [0.3, 0.4) is 0 Å². The zero-order valence-electron chi connectivity index (χ0n) is 18.6. The Morgan fingerprint density at radius 3 is 1.26 bits per heavy atom. The van der Waals surface area contributed by atoms with Gasteiger partial charge in [0.25, 0.3) is 23.6 Å².